The molecule has 0 bridgehead atoms. The van der Waals surface area contributed by atoms with Gasteiger partial charge in [0.2, 0.25) is 15.0 Å². The number of hydrogen-bond acceptors (Lipinski definition) is 5. The molecule has 0 saturated carbocycles. The monoisotopic (exact) mass is 407 g/mol. The molecule has 1 amide bonds. The summed E-state index contributed by atoms with van der Waals surface area (Å²) < 4.78 is 24.1. The number of benzene rings is 1. The van der Waals surface area contributed by atoms with E-state index in [0.717, 1.165) is 6.20 Å². The zero-order valence-corrected chi connectivity index (χ0v) is 15.5. The summed E-state index contributed by atoms with van der Waals surface area (Å²) in [7, 11) is -3.68. The zero-order valence-electron chi connectivity index (χ0n) is 12.4. The molecule has 24 heavy (non-hydrogen) atoms. The van der Waals surface area contributed by atoms with Crippen molar-refractivity contribution < 1.29 is 13.2 Å². The average Bonchev–Trinajstić information content (AvgIpc) is 2.51. The number of nitrogens with one attached hydrogen (secondary N) is 1. The van der Waals surface area contributed by atoms with Crippen molar-refractivity contribution in [2.24, 2.45) is 0 Å². The van der Waals surface area contributed by atoms with Crippen LogP contribution in [0.15, 0.2) is 29.6 Å². The van der Waals surface area contributed by atoms with Gasteiger partial charge in [-0.15, -0.1) is 0 Å². The summed E-state index contributed by atoms with van der Waals surface area (Å²) in [5.41, 5.74) is -0.0146. The highest BCUT2D eigenvalue weighted by Gasteiger charge is 2.22. The van der Waals surface area contributed by atoms with E-state index in [1.165, 1.54) is 12.1 Å². The van der Waals surface area contributed by atoms with Gasteiger partial charge in [-0.1, -0.05) is 41.7 Å². The second kappa shape index (κ2) is 7.65. The third-order valence-electron chi connectivity index (χ3n) is 2.86. The van der Waals surface area contributed by atoms with Crippen LogP contribution in [0.1, 0.15) is 23.8 Å². The Morgan fingerprint density at radius 1 is 1.21 bits per heavy atom. The van der Waals surface area contributed by atoms with Crippen LogP contribution in [0.4, 0.5) is 5.69 Å². The van der Waals surface area contributed by atoms with E-state index in [4.69, 9.17) is 34.8 Å². The minimum absolute atomic E-state index is 0.0823. The van der Waals surface area contributed by atoms with Crippen LogP contribution in [-0.4, -0.2) is 30.0 Å². The maximum Gasteiger partial charge on any atom is 0.276 e. The maximum absolute atomic E-state index is 12.4. The predicted octanol–water partition coefficient (Wildman–Crippen LogP) is 3.87. The second-order valence-electron chi connectivity index (χ2n) is 4.75. The van der Waals surface area contributed by atoms with E-state index in [9.17, 15) is 13.2 Å². The molecule has 1 N–H and O–H groups in total. The average molecular weight is 409 g/mol. The number of carbonyl (C=O) groups excluding carboxylic acids is 1. The summed E-state index contributed by atoms with van der Waals surface area (Å²) in [5, 5.41) is 2.59. The van der Waals surface area contributed by atoms with E-state index in [-0.39, 0.29) is 27.2 Å². The van der Waals surface area contributed by atoms with Crippen LogP contribution < -0.4 is 5.32 Å². The zero-order chi connectivity index (χ0) is 17.9. The van der Waals surface area contributed by atoms with Crippen molar-refractivity contribution in [3.8, 4) is 0 Å². The molecular weight excluding hydrogens is 397 g/mol. The van der Waals surface area contributed by atoms with Crippen LogP contribution in [0.25, 0.3) is 0 Å². The predicted molar refractivity (Wildman–Crippen MR) is 93.8 cm³/mol. The lowest BCUT2D eigenvalue weighted by Gasteiger charge is -2.09. The normalized spacial score (nSPS) is 11.3. The molecule has 0 spiro atoms. The molecule has 0 aliphatic heterocycles. The van der Waals surface area contributed by atoms with Gasteiger partial charge >= 0.3 is 0 Å². The number of anilines is 1. The molecule has 0 radical (unpaired) electrons. The van der Waals surface area contributed by atoms with Gasteiger partial charge in [-0.3, -0.25) is 4.79 Å². The molecule has 0 fully saturated rings. The molecular formula is C14H12Cl3N3O3S. The molecule has 1 aromatic carbocycles. The van der Waals surface area contributed by atoms with Crippen molar-refractivity contribution in [3.05, 3.63) is 45.2 Å². The molecule has 2 aromatic rings. The van der Waals surface area contributed by atoms with Crippen LogP contribution >= 0.6 is 34.8 Å². The Bertz CT molecular complexity index is 888. The molecule has 1 heterocycles. The Kier molecular flexibility index (Phi) is 6.03. The number of hydrogen-bond donors (Lipinski definition) is 1. The summed E-state index contributed by atoms with van der Waals surface area (Å²) in [6.45, 7) is 1.71. The Hall–Kier alpha value is -1.41. The van der Waals surface area contributed by atoms with Gasteiger partial charge in [-0.2, -0.15) is 0 Å². The van der Waals surface area contributed by atoms with E-state index in [0.29, 0.717) is 11.4 Å². The van der Waals surface area contributed by atoms with Crippen molar-refractivity contribution >= 4 is 56.2 Å². The minimum Gasteiger partial charge on any atom is -0.319 e. The molecule has 10 heteroatoms. The number of carbonyl (C=O) groups is 1. The summed E-state index contributed by atoms with van der Waals surface area (Å²) in [4.78, 5) is 19.8. The summed E-state index contributed by atoms with van der Waals surface area (Å²) >= 11 is 17.7. The largest absolute Gasteiger partial charge is 0.319 e. The fourth-order valence-electron chi connectivity index (χ4n) is 1.79. The Balaban J connectivity index is 2.37. The highest BCUT2D eigenvalue weighted by atomic mass is 35.5. The van der Waals surface area contributed by atoms with Crippen LogP contribution in [0.5, 0.6) is 0 Å². The van der Waals surface area contributed by atoms with Crippen LogP contribution in [0.3, 0.4) is 0 Å². The first-order valence-corrected chi connectivity index (χ1v) is 9.55. The molecule has 0 saturated heterocycles. The van der Waals surface area contributed by atoms with Crippen LogP contribution in [0, 0.1) is 0 Å². The molecule has 0 aliphatic carbocycles. The van der Waals surface area contributed by atoms with Gasteiger partial charge in [0, 0.05) is 5.02 Å². The highest BCUT2D eigenvalue weighted by Crippen LogP contribution is 2.26. The molecule has 2 rings (SSSR count). The van der Waals surface area contributed by atoms with Crippen molar-refractivity contribution in [2.45, 2.75) is 18.5 Å². The van der Waals surface area contributed by atoms with E-state index >= 15 is 0 Å². The van der Waals surface area contributed by atoms with Crippen molar-refractivity contribution in [1.82, 2.24) is 9.97 Å². The maximum atomic E-state index is 12.4. The first kappa shape index (κ1) is 18.9. The van der Waals surface area contributed by atoms with Gasteiger partial charge in [0.1, 0.15) is 0 Å². The lowest BCUT2D eigenvalue weighted by molar-refractivity contribution is 0.102. The molecule has 0 aliphatic rings. The second-order valence-corrected chi connectivity index (χ2v) is 8.00. The van der Waals surface area contributed by atoms with Gasteiger partial charge in [0.05, 0.1) is 27.7 Å². The number of rotatable bonds is 5. The third-order valence-corrected chi connectivity index (χ3v) is 5.40. The number of amides is 1. The van der Waals surface area contributed by atoms with Crippen LogP contribution in [-0.2, 0) is 9.84 Å². The third kappa shape index (κ3) is 4.36. The standard InChI is InChI=1S/C14H12Cl3N3O3S/c1-2-5-24(22,23)14-18-7-10(17)12(20-14)13(21)19-11-6-8(15)3-4-9(11)16/h3-4,6-7H,2,5H2,1H3,(H,19,21). The van der Waals surface area contributed by atoms with Crippen molar-refractivity contribution in [1.29, 1.82) is 0 Å². The number of aromatic nitrogens is 2. The van der Waals surface area contributed by atoms with Gasteiger partial charge in [-0.25, -0.2) is 18.4 Å². The van der Waals surface area contributed by atoms with Crippen LogP contribution in [0.2, 0.25) is 15.1 Å². The van der Waals surface area contributed by atoms with Gasteiger partial charge < -0.3 is 5.32 Å². The number of nitrogens with zero attached hydrogens (tertiary/aromatic N) is 2. The van der Waals surface area contributed by atoms with Gasteiger partial charge in [-0.05, 0) is 24.6 Å². The number of halogens is 3. The Morgan fingerprint density at radius 3 is 2.58 bits per heavy atom. The summed E-state index contributed by atoms with van der Waals surface area (Å²) in [6.07, 6.45) is 1.47. The number of sulfone groups is 1. The van der Waals surface area contributed by atoms with E-state index in [1.807, 2.05) is 0 Å². The fourth-order valence-corrected chi connectivity index (χ4v) is 3.47. The lowest BCUT2D eigenvalue weighted by Crippen LogP contribution is -2.18. The summed E-state index contributed by atoms with van der Waals surface area (Å²) in [5.74, 6) is -0.852. The van der Waals surface area contributed by atoms with E-state index in [1.54, 1.807) is 13.0 Å². The molecule has 0 atom stereocenters. The van der Waals surface area contributed by atoms with E-state index in [2.05, 4.69) is 15.3 Å². The smallest absolute Gasteiger partial charge is 0.276 e. The van der Waals surface area contributed by atoms with Crippen molar-refractivity contribution in [3.63, 3.8) is 0 Å². The topological polar surface area (TPSA) is 89.0 Å². The molecule has 6 nitrogen and oxygen atoms in total. The lowest BCUT2D eigenvalue weighted by atomic mass is 10.3. The first-order valence-electron chi connectivity index (χ1n) is 6.76. The fraction of sp³-hybridized carbons (Fsp3) is 0.214. The van der Waals surface area contributed by atoms with Gasteiger partial charge in [0.25, 0.3) is 5.91 Å². The minimum atomic E-state index is -3.68. The SMILES string of the molecule is CCCS(=O)(=O)c1ncc(Cl)c(C(=O)Nc2cc(Cl)ccc2Cl)n1. The molecule has 0 unspecified atom stereocenters. The first-order chi connectivity index (χ1) is 11.2. The van der Waals surface area contributed by atoms with Gasteiger partial charge in [0.15, 0.2) is 5.69 Å². The Labute approximate surface area is 154 Å². The van der Waals surface area contributed by atoms with E-state index < -0.39 is 20.9 Å². The highest BCUT2D eigenvalue weighted by molar-refractivity contribution is 7.91. The van der Waals surface area contributed by atoms with Crippen molar-refractivity contribution in [2.75, 3.05) is 11.1 Å². The Morgan fingerprint density at radius 2 is 1.92 bits per heavy atom. The summed E-state index contributed by atoms with van der Waals surface area (Å²) in [6, 6.07) is 4.52. The quantitative estimate of drug-likeness (QED) is 0.759. The molecule has 128 valence electrons. The molecule has 1 aromatic heterocycles.